The van der Waals surface area contributed by atoms with E-state index in [9.17, 15) is 13.2 Å². The number of rotatable bonds is 5. The second kappa shape index (κ2) is 5.49. The Kier molecular flexibility index (Phi) is 4.48. The number of carboxylic acids is 1. The molecule has 1 unspecified atom stereocenters. The average molecular weight is 271 g/mol. The van der Waals surface area contributed by atoms with Gasteiger partial charge in [-0.2, -0.15) is 0 Å². The van der Waals surface area contributed by atoms with Crippen LogP contribution in [0, 0.1) is 13.8 Å². The standard InChI is InChI=1S/C12H17NO4S/c1-8-3-4-9(2)11(7-8)18(16,17)10(5-6-13)12(14)15/h3-4,7,10H,5-6,13H2,1-2H3,(H,14,15). The molecule has 0 fully saturated rings. The Labute approximate surface area is 107 Å². The predicted octanol–water partition coefficient (Wildman–Crippen LogP) is 0.879. The average Bonchev–Trinajstić information content (AvgIpc) is 2.28. The lowest BCUT2D eigenvalue weighted by atomic mass is 10.2. The lowest BCUT2D eigenvalue weighted by molar-refractivity contribution is -0.136. The van der Waals surface area contributed by atoms with Crippen molar-refractivity contribution in [1.82, 2.24) is 0 Å². The summed E-state index contributed by atoms with van der Waals surface area (Å²) in [6.07, 6.45) is -0.0922. The first-order chi connectivity index (χ1) is 8.30. The maximum Gasteiger partial charge on any atom is 0.322 e. The molecule has 5 nitrogen and oxygen atoms in total. The van der Waals surface area contributed by atoms with E-state index in [0.29, 0.717) is 5.56 Å². The van der Waals surface area contributed by atoms with Crippen LogP contribution < -0.4 is 5.73 Å². The molecule has 18 heavy (non-hydrogen) atoms. The van der Waals surface area contributed by atoms with Crippen LogP contribution in [-0.2, 0) is 14.6 Å². The molecule has 0 aromatic heterocycles. The second-order valence-corrected chi connectivity index (χ2v) is 6.32. The third kappa shape index (κ3) is 2.88. The van der Waals surface area contributed by atoms with Gasteiger partial charge >= 0.3 is 5.97 Å². The van der Waals surface area contributed by atoms with Crippen LogP contribution in [-0.4, -0.2) is 31.3 Å². The van der Waals surface area contributed by atoms with Gasteiger partial charge in [-0.05, 0) is 44.0 Å². The normalized spacial score (nSPS) is 13.3. The van der Waals surface area contributed by atoms with Gasteiger partial charge < -0.3 is 10.8 Å². The second-order valence-electron chi connectivity index (χ2n) is 4.22. The van der Waals surface area contributed by atoms with Crippen LogP contribution in [0.5, 0.6) is 0 Å². The van der Waals surface area contributed by atoms with E-state index in [4.69, 9.17) is 10.8 Å². The summed E-state index contributed by atoms with van der Waals surface area (Å²) in [6, 6.07) is 4.95. The zero-order valence-electron chi connectivity index (χ0n) is 10.4. The lowest BCUT2D eigenvalue weighted by Gasteiger charge is -2.15. The number of hydrogen-bond acceptors (Lipinski definition) is 4. The lowest BCUT2D eigenvalue weighted by Crippen LogP contribution is -2.32. The molecule has 0 saturated carbocycles. The van der Waals surface area contributed by atoms with Crippen LogP contribution in [0.2, 0.25) is 0 Å². The van der Waals surface area contributed by atoms with Crippen molar-refractivity contribution in [2.24, 2.45) is 5.73 Å². The van der Waals surface area contributed by atoms with Crippen molar-refractivity contribution in [3.63, 3.8) is 0 Å². The summed E-state index contributed by atoms with van der Waals surface area (Å²) in [5.41, 5.74) is 6.60. The quantitative estimate of drug-likeness (QED) is 0.828. The van der Waals surface area contributed by atoms with Crippen LogP contribution >= 0.6 is 0 Å². The number of aryl methyl sites for hydroxylation is 2. The third-order valence-corrected chi connectivity index (χ3v) is 4.97. The van der Waals surface area contributed by atoms with E-state index in [-0.39, 0.29) is 17.9 Å². The van der Waals surface area contributed by atoms with E-state index in [2.05, 4.69) is 0 Å². The van der Waals surface area contributed by atoms with Crippen LogP contribution in [0.4, 0.5) is 0 Å². The van der Waals surface area contributed by atoms with E-state index in [1.165, 1.54) is 6.07 Å². The summed E-state index contributed by atoms with van der Waals surface area (Å²) >= 11 is 0. The van der Waals surface area contributed by atoms with Gasteiger partial charge in [0.2, 0.25) is 0 Å². The highest BCUT2D eigenvalue weighted by Crippen LogP contribution is 2.23. The largest absolute Gasteiger partial charge is 0.480 e. The van der Waals surface area contributed by atoms with Crippen molar-refractivity contribution in [1.29, 1.82) is 0 Å². The minimum absolute atomic E-state index is 0.0149. The Bertz CT molecular complexity index is 551. The summed E-state index contributed by atoms with van der Waals surface area (Å²) < 4.78 is 24.6. The first kappa shape index (κ1) is 14.7. The summed E-state index contributed by atoms with van der Waals surface area (Å²) in [5.74, 6) is -1.36. The number of hydrogen-bond donors (Lipinski definition) is 2. The van der Waals surface area contributed by atoms with E-state index in [1.54, 1.807) is 26.0 Å². The van der Waals surface area contributed by atoms with Gasteiger partial charge in [0.1, 0.15) is 0 Å². The zero-order chi connectivity index (χ0) is 13.9. The van der Waals surface area contributed by atoms with E-state index >= 15 is 0 Å². The predicted molar refractivity (Wildman–Crippen MR) is 68.2 cm³/mol. The number of aliphatic carboxylic acids is 1. The third-order valence-electron chi connectivity index (χ3n) is 2.73. The minimum Gasteiger partial charge on any atom is -0.480 e. The van der Waals surface area contributed by atoms with Crippen molar-refractivity contribution in [3.8, 4) is 0 Å². The first-order valence-corrected chi connectivity index (χ1v) is 7.09. The number of carboxylic acid groups (broad SMARTS) is 1. The van der Waals surface area contributed by atoms with Crippen molar-refractivity contribution in [2.75, 3.05) is 6.54 Å². The molecule has 3 N–H and O–H groups in total. The monoisotopic (exact) mass is 271 g/mol. The molecule has 0 aliphatic heterocycles. The molecule has 100 valence electrons. The highest BCUT2D eigenvalue weighted by molar-refractivity contribution is 7.92. The van der Waals surface area contributed by atoms with Gasteiger partial charge in [-0.15, -0.1) is 0 Å². The molecule has 0 spiro atoms. The van der Waals surface area contributed by atoms with Crippen LogP contribution in [0.1, 0.15) is 17.5 Å². The zero-order valence-corrected chi connectivity index (χ0v) is 11.2. The molecule has 0 radical (unpaired) electrons. The Morgan fingerprint density at radius 1 is 1.39 bits per heavy atom. The van der Waals surface area contributed by atoms with Gasteiger partial charge in [0.15, 0.2) is 15.1 Å². The summed E-state index contributed by atoms with van der Waals surface area (Å²) in [4.78, 5) is 11.1. The molecule has 1 rings (SSSR count). The van der Waals surface area contributed by atoms with Crippen molar-refractivity contribution in [2.45, 2.75) is 30.4 Å². The fraction of sp³-hybridized carbons (Fsp3) is 0.417. The van der Waals surface area contributed by atoms with E-state index < -0.39 is 21.1 Å². The van der Waals surface area contributed by atoms with Gasteiger partial charge in [-0.1, -0.05) is 12.1 Å². The van der Waals surface area contributed by atoms with Gasteiger partial charge in [0.25, 0.3) is 0 Å². The smallest absolute Gasteiger partial charge is 0.322 e. The summed E-state index contributed by atoms with van der Waals surface area (Å²) in [5, 5.41) is 7.54. The fourth-order valence-corrected chi connectivity index (χ4v) is 3.62. The Morgan fingerprint density at radius 2 is 2.00 bits per heavy atom. The molecule has 0 saturated heterocycles. The van der Waals surface area contributed by atoms with Crippen LogP contribution in [0.25, 0.3) is 0 Å². The number of nitrogens with two attached hydrogens (primary N) is 1. The van der Waals surface area contributed by atoms with Crippen molar-refractivity contribution < 1.29 is 18.3 Å². The maximum absolute atomic E-state index is 12.3. The van der Waals surface area contributed by atoms with Gasteiger partial charge in [0, 0.05) is 0 Å². The molecular formula is C12H17NO4S. The van der Waals surface area contributed by atoms with Crippen molar-refractivity contribution in [3.05, 3.63) is 29.3 Å². The molecule has 1 aromatic rings. The molecule has 0 bridgehead atoms. The molecule has 0 heterocycles. The Hall–Kier alpha value is -1.40. The molecule has 1 aromatic carbocycles. The van der Waals surface area contributed by atoms with Gasteiger partial charge in [-0.3, -0.25) is 4.79 Å². The molecule has 0 aliphatic rings. The number of carbonyl (C=O) groups is 1. The molecule has 0 amide bonds. The molecular weight excluding hydrogens is 254 g/mol. The van der Waals surface area contributed by atoms with Gasteiger partial charge in [-0.25, -0.2) is 8.42 Å². The number of sulfone groups is 1. The highest BCUT2D eigenvalue weighted by atomic mass is 32.2. The number of benzene rings is 1. The summed E-state index contributed by atoms with van der Waals surface area (Å²) in [6.45, 7) is 3.42. The van der Waals surface area contributed by atoms with E-state index in [0.717, 1.165) is 5.56 Å². The molecule has 6 heteroatoms. The minimum atomic E-state index is -3.90. The van der Waals surface area contributed by atoms with Crippen molar-refractivity contribution >= 4 is 15.8 Å². The highest BCUT2D eigenvalue weighted by Gasteiger charge is 2.34. The molecule has 0 aliphatic carbocycles. The fourth-order valence-electron chi connectivity index (χ4n) is 1.73. The Morgan fingerprint density at radius 3 is 2.50 bits per heavy atom. The summed E-state index contributed by atoms with van der Waals surface area (Å²) in [7, 11) is -3.90. The maximum atomic E-state index is 12.3. The van der Waals surface area contributed by atoms with E-state index in [1.807, 2.05) is 0 Å². The topological polar surface area (TPSA) is 97.5 Å². The molecule has 1 atom stereocenters. The SMILES string of the molecule is Cc1ccc(C)c(S(=O)(=O)C(CCN)C(=O)O)c1. The van der Waals surface area contributed by atoms with Gasteiger partial charge in [0.05, 0.1) is 4.90 Å². The Balaban J connectivity index is 3.35. The first-order valence-electron chi connectivity index (χ1n) is 5.54. The van der Waals surface area contributed by atoms with Crippen LogP contribution in [0.15, 0.2) is 23.1 Å². The van der Waals surface area contributed by atoms with Crippen LogP contribution in [0.3, 0.4) is 0 Å².